The summed E-state index contributed by atoms with van der Waals surface area (Å²) in [6.07, 6.45) is 49.8. The van der Waals surface area contributed by atoms with Gasteiger partial charge in [-0.3, -0.25) is 4.79 Å². The molecule has 0 spiro atoms. The smallest absolute Gasteiger partial charge is 0.306 e. The summed E-state index contributed by atoms with van der Waals surface area (Å²) >= 11 is 0. The molecule has 0 aromatic rings. The van der Waals surface area contributed by atoms with Gasteiger partial charge in [0.2, 0.25) is 0 Å². The summed E-state index contributed by atoms with van der Waals surface area (Å²) in [5.41, 5.74) is 0. The first-order chi connectivity index (χ1) is 20.7. The zero-order chi connectivity index (χ0) is 30.6. The summed E-state index contributed by atoms with van der Waals surface area (Å²) in [7, 11) is 0. The first-order valence-corrected chi connectivity index (χ1v) is 19.6. The molecule has 0 aromatic carbocycles. The number of carbonyl (C=O) groups is 1. The molecule has 2 heteroatoms. The average molecular weight is 591 g/mol. The van der Waals surface area contributed by atoms with E-state index >= 15 is 0 Å². The Morgan fingerprint density at radius 3 is 0.905 bits per heavy atom. The third-order valence-electron chi connectivity index (χ3n) is 9.32. The molecule has 0 bridgehead atoms. The highest BCUT2D eigenvalue weighted by molar-refractivity contribution is 5.69. The Balaban J connectivity index is 3.40. The van der Waals surface area contributed by atoms with E-state index in [2.05, 4.69) is 26.0 Å². The molecule has 0 amide bonds. The van der Waals surface area contributed by atoms with Gasteiger partial charge in [0.25, 0.3) is 0 Å². The quantitative estimate of drug-likeness (QED) is 0.0582. The standard InChI is InChI=1S/C40H78O2/c1-3-5-7-9-11-13-15-17-19-21-22-24-26-28-30-32-34-36-38-39(40(41)42)37-35-33-31-29-27-25-23-20-18-16-14-12-10-8-6-4-2/h18,20,39H,3-17,19,21-38H2,1-2H3,(H,41,42). The monoisotopic (exact) mass is 591 g/mol. The number of aliphatic carboxylic acids is 1. The van der Waals surface area contributed by atoms with Crippen LogP contribution in [-0.4, -0.2) is 11.1 Å². The van der Waals surface area contributed by atoms with Crippen LogP contribution in [0.15, 0.2) is 12.2 Å². The maximum absolute atomic E-state index is 11.7. The highest BCUT2D eigenvalue weighted by Crippen LogP contribution is 2.20. The van der Waals surface area contributed by atoms with Crippen LogP contribution in [0.5, 0.6) is 0 Å². The minimum absolute atomic E-state index is 0.108. The van der Waals surface area contributed by atoms with Crippen molar-refractivity contribution in [2.24, 2.45) is 5.92 Å². The number of hydrogen-bond donors (Lipinski definition) is 1. The van der Waals surface area contributed by atoms with Crippen molar-refractivity contribution in [1.29, 1.82) is 0 Å². The van der Waals surface area contributed by atoms with Crippen molar-refractivity contribution in [1.82, 2.24) is 0 Å². The maximum Gasteiger partial charge on any atom is 0.306 e. The van der Waals surface area contributed by atoms with Crippen LogP contribution in [0, 0.1) is 5.92 Å². The van der Waals surface area contributed by atoms with Gasteiger partial charge in [0.05, 0.1) is 5.92 Å². The second kappa shape index (κ2) is 36.4. The zero-order valence-electron chi connectivity index (χ0n) is 29.1. The predicted octanol–water partition coefficient (Wildman–Crippen LogP) is 14.5. The Bertz CT molecular complexity index is 540. The average Bonchev–Trinajstić information content (AvgIpc) is 2.99. The van der Waals surface area contributed by atoms with E-state index in [4.69, 9.17) is 0 Å². The van der Waals surface area contributed by atoms with Crippen molar-refractivity contribution in [2.75, 3.05) is 0 Å². The second-order valence-electron chi connectivity index (χ2n) is 13.6. The first kappa shape index (κ1) is 41.2. The molecule has 0 fully saturated rings. The fourth-order valence-corrected chi connectivity index (χ4v) is 6.32. The molecule has 42 heavy (non-hydrogen) atoms. The number of carboxylic acid groups (broad SMARTS) is 1. The molecule has 0 radical (unpaired) electrons. The molecular formula is C40H78O2. The van der Waals surface area contributed by atoms with Crippen molar-refractivity contribution >= 4 is 5.97 Å². The molecule has 0 heterocycles. The van der Waals surface area contributed by atoms with Crippen molar-refractivity contribution in [3.8, 4) is 0 Å². The highest BCUT2D eigenvalue weighted by atomic mass is 16.4. The van der Waals surface area contributed by atoms with Gasteiger partial charge in [-0.1, -0.05) is 206 Å². The largest absolute Gasteiger partial charge is 0.481 e. The van der Waals surface area contributed by atoms with E-state index in [1.165, 1.54) is 193 Å². The third kappa shape index (κ3) is 33.7. The maximum atomic E-state index is 11.7. The lowest BCUT2D eigenvalue weighted by atomic mass is 9.94. The molecule has 0 aliphatic carbocycles. The zero-order valence-corrected chi connectivity index (χ0v) is 29.1. The Kier molecular flexibility index (Phi) is 35.7. The summed E-state index contributed by atoms with van der Waals surface area (Å²) in [6, 6.07) is 0. The van der Waals surface area contributed by atoms with Crippen LogP contribution < -0.4 is 0 Å². The molecule has 2 nitrogen and oxygen atoms in total. The van der Waals surface area contributed by atoms with Crippen LogP contribution >= 0.6 is 0 Å². The molecule has 1 unspecified atom stereocenters. The molecule has 0 aromatic heterocycles. The summed E-state index contributed by atoms with van der Waals surface area (Å²) < 4.78 is 0. The van der Waals surface area contributed by atoms with Crippen LogP contribution in [-0.2, 0) is 4.79 Å². The molecule has 0 rings (SSSR count). The minimum Gasteiger partial charge on any atom is -0.481 e. The summed E-state index contributed by atoms with van der Waals surface area (Å²) in [5.74, 6) is -0.669. The topological polar surface area (TPSA) is 37.3 Å². The van der Waals surface area contributed by atoms with Gasteiger partial charge in [0.1, 0.15) is 0 Å². The van der Waals surface area contributed by atoms with Gasteiger partial charge < -0.3 is 5.11 Å². The highest BCUT2D eigenvalue weighted by Gasteiger charge is 2.16. The molecule has 0 aliphatic rings. The van der Waals surface area contributed by atoms with Crippen LogP contribution in [0.1, 0.15) is 232 Å². The molecule has 1 N–H and O–H groups in total. The summed E-state index contributed by atoms with van der Waals surface area (Å²) in [5, 5.41) is 9.64. The Morgan fingerprint density at radius 1 is 0.405 bits per heavy atom. The molecule has 0 saturated carbocycles. The van der Waals surface area contributed by atoms with E-state index in [9.17, 15) is 9.90 Å². The lowest BCUT2D eigenvalue weighted by molar-refractivity contribution is -0.142. The Morgan fingerprint density at radius 2 is 0.643 bits per heavy atom. The molecule has 1 atom stereocenters. The van der Waals surface area contributed by atoms with E-state index in [-0.39, 0.29) is 5.92 Å². The molecule has 0 aliphatic heterocycles. The number of rotatable bonds is 36. The SMILES string of the molecule is CCCCCCCCC=CCCCCCCCCC(CCCCCCCCCCCCCCCCCCCC)C(=O)O. The van der Waals surface area contributed by atoms with Crippen LogP contribution in [0.3, 0.4) is 0 Å². The van der Waals surface area contributed by atoms with Gasteiger partial charge in [0, 0.05) is 0 Å². The first-order valence-electron chi connectivity index (χ1n) is 19.6. The van der Waals surface area contributed by atoms with Crippen LogP contribution in [0.4, 0.5) is 0 Å². The molecular weight excluding hydrogens is 512 g/mol. The molecule has 0 saturated heterocycles. The van der Waals surface area contributed by atoms with Crippen molar-refractivity contribution in [2.45, 2.75) is 232 Å². The lowest BCUT2D eigenvalue weighted by Crippen LogP contribution is -2.13. The van der Waals surface area contributed by atoms with Crippen molar-refractivity contribution < 1.29 is 9.90 Å². The van der Waals surface area contributed by atoms with Gasteiger partial charge in [-0.15, -0.1) is 0 Å². The van der Waals surface area contributed by atoms with E-state index in [1.54, 1.807) is 0 Å². The summed E-state index contributed by atoms with van der Waals surface area (Å²) in [4.78, 5) is 11.7. The fourth-order valence-electron chi connectivity index (χ4n) is 6.32. The number of allylic oxidation sites excluding steroid dienone is 2. The van der Waals surface area contributed by atoms with Crippen molar-refractivity contribution in [3.05, 3.63) is 12.2 Å². The minimum atomic E-state index is -0.560. The number of carboxylic acids is 1. The van der Waals surface area contributed by atoms with E-state index in [0.717, 1.165) is 25.7 Å². The van der Waals surface area contributed by atoms with Gasteiger partial charge in [-0.25, -0.2) is 0 Å². The Hall–Kier alpha value is -0.790. The number of hydrogen-bond acceptors (Lipinski definition) is 1. The van der Waals surface area contributed by atoms with Crippen LogP contribution in [0.2, 0.25) is 0 Å². The van der Waals surface area contributed by atoms with Crippen molar-refractivity contribution in [3.63, 3.8) is 0 Å². The van der Waals surface area contributed by atoms with E-state index in [0.29, 0.717) is 0 Å². The second-order valence-corrected chi connectivity index (χ2v) is 13.6. The van der Waals surface area contributed by atoms with E-state index < -0.39 is 5.97 Å². The van der Waals surface area contributed by atoms with Gasteiger partial charge in [-0.2, -0.15) is 0 Å². The van der Waals surface area contributed by atoms with Gasteiger partial charge in [-0.05, 0) is 38.5 Å². The van der Waals surface area contributed by atoms with Gasteiger partial charge >= 0.3 is 5.97 Å². The summed E-state index contributed by atoms with van der Waals surface area (Å²) in [6.45, 7) is 4.57. The third-order valence-corrected chi connectivity index (χ3v) is 9.32. The number of unbranched alkanes of at least 4 members (excludes halogenated alkanes) is 29. The fraction of sp³-hybridized carbons (Fsp3) is 0.925. The lowest BCUT2D eigenvalue weighted by Gasteiger charge is -2.12. The van der Waals surface area contributed by atoms with Gasteiger partial charge in [0.15, 0.2) is 0 Å². The van der Waals surface area contributed by atoms with Crippen LogP contribution in [0.25, 0.3) is 0 Å². The normalized spacial score (nSPS) is 12.4. The van der Waals surface area contributed by atoms with E-state index in [1.807, 2.05) is 0 Å². The molecule has 250 valence electrons. The Labute approximate surface area is 265 Å². The predicted molar refractivity (Wildman–Crippen MR) is 189 cm³/mol.